The van der Waals surface area contributed by atoms with Gasteiger partial charge < -0.3 is 0 Å². The molecule has 0 atom stereocenters. The average molecular weight is 626 g/mol. The van der Waals surface area contributed by atoms with Crippen LogP contribution in [0.3, 0.4) is 0 Å². The molecule has 3 nitrogen and oxygen atoms in total. The van der Waals surface area contributed by atoms with Gasteiger partial charge in [0.15, 0.2) is 17.5 Å². The van der Waals surface area contributed by atoms with E-state index in [4.69, 9.17) is 15.0 Å². The highest BCUT2D eigenvalue weighted by Gasteiger charge is 2.30. The molecule has 0 saturated heterocycles. The third-order valence-electron chi connectivity index (χ3n) is 9.85. The lowest BCUT2D eigenvalue weighted by molar-refractivity contribution is 1.07. The minimum Gasteiger partial charge on any atom is -0.208 e. The Labute approximate surface area is 279 Å². The van der Waals surface area contributed by atoms with Crippen LogP contribution in [-0.4, -0.2) is 23.0 Å². The van der Waals surface area contributed by atoms with Crippen LogP contribution in [0.1, 0.15) is 20.8 Å². The Hall–Kier alpha value is -5.19. The minimum atomic E-state index is -1.55. The molecular formula is C43H39N3Si. The summed E-state index contributed by atoms with van der Waals surface area (Å²) in [6.07, 6.45) is 0. The molecule has 1 heterocycles. The predicted octanol–water partition coefficient (Wildman–Crippen LogP) is 11.1. The van der Waals surface area contributed by atoms with Gasteiger partial charge in [0.2, 0.25) is 0 Å². The fourth-order valence-electron chi connectivity index (χ4n) is 6.99. The van der Waals surface area contributed by atoms with E-state index in [1.54, 1.807) is 5.19 Å². The molecule has 47 heavy (non-hydrogen) atoms. The van der Waals surface area contributed by atoms with Gasteiger partial charge in [-0.3, -0.25) is 0 Å². The van der Waals surface area contributed by atoms with Crippen LogP contribution in [0, 0.1) is 0 Å². The summed E-state index contributed by atoms with van der Waals surface area (Å²) in [4.78, 5) is 14.8. The number of benzene rings is 6. The van der Waals surface area contributed by atoms with Crippen molar-refractivity contribution in [2.24, 2.45) is 0 Å². The third-order valence-corrected chi connectivity index (χ3v) is 15.5. The van der Waals surface area contributed by atoms with Gasteiger partial charge >= 0.3 is 0 Å². The maximum atomic E-state index is 4.96. The number of hydrogen-bond acceptors (Lipinski definition) is 3. The van der Waals surface area contributed by atoms with Crippen LogP contribution < -0.4 is 5.19 Å². The number of fused-ring (bicyclic) bond motifs is 1. The molecule has 0 unspecified atom stereocenters. The lowest BCUT2D eigenvalue weighted by Crippen LogP contribution is -2.46. The van der Waals surface area contributed by atoms with E-state index < -0.39 is 8.07 Å². The zero-order chi connectivity index (χ0) is 32.2. The minimum absolute atomic E-state index is 0.660. The van der Waals surface area contributed by atoms with E-state index in [0.29, 0.717) is 17.5 Å². The zero-order valence-electron chi connectivity index (χ0n) is 27.3. The van der Waals surface area contributed by atoms with Gasteiger partial charge in [-0.25, -0.2) is 15.0 Å². The lowest BCUT2D eigenvalue weighted by atomic mass is 9.94. The molecule has 0 aliphatic carbocycles. The molecule has 0 fully saturated rings. The number of rotatable bonds is 9. The fourth-order valence-corrected chi connectivity index (χ4v) is 10.9. The molecule has 0 bridgehead atoms. The number of aromatic nitrogens is 3. The highest BCUT2D eigenvalue weighted by atomic mass is 28.3. The second-order valence-electron chi connectivity index (χ2n) is 12.2. The molecule has 6 aromatic carbocycles. The monoisotopic (exact) mass is 625 g/mol. The SMILES string of the molecule is CC[Si](CC)(CC)c1cccc2c(-c3cccc(-c4cccc(-c5nc(-c6ccccc6)nc(-c6ccccc6)n5)c4)c3)cccc12. The van der Waals surface area contributed by atoms with E-state index in [2.05, 4.69) is 106 Å². The highest BCUT2D eigenvalue weighted by Crippen LogP contribution is 2.34. The molecular weight excluding hydrogens is 587 g/mol. The van der Waals surface area contributed by atoms with Crippen molar-refractivity contribution >= 4 is 24.0 Å². The summed E-state index contributed by atoms with van der Waals surface area (Å²) in [5.41, 5.74) is 7.69. The second-order valence-corrected chi connectivity index (χ2v) is 17.5. The van der Waals surface area contributed by atoms with Crippen LogP contribution in [0.15, 0.2) is 146 Å². The van der Waals surface area contributed by atoms with Crippen LogP contribution in [0.25, 0.3) is 67.2 Å². The molecule has 230 valence electrons. The van der Waals surface area contributed by atoms with Crippen LogP contribution in [-0.2, 0) is 0 Å². The third kappa shape index (κ3) is 5.93. The predicted molar refractivity (Wildman–Crippen MR) is 201 cm³/mol. The topological polar surface area (TPSA) is 38.7 Å². The van der Waals surface area contributed by atoms with Crippen molar-refractivity contribution in [1.82, 2.24) is 15.0 Å². The smallest absolute Gasteiger partial charge is 0.164 e. The largest absolute Gasteiger partial charge is 0.208 e. The molecule has 4 heteroatoms. The van der Waals surface area contributed by atoms with Crippen molar-refractivity contribution in [2.45, 2.75) is 38.9 Å². The van der Waals surface area contributed by atoms with E-state index in [9.17, 15) is 0 Å². The van der Waals surface area contributed by atoms with E-state index in [1.807, 2.05) is 60.7 Å². The normalized spacial score (nSPS) is 11.6. The van der Waals surface area contributed by atoms with Crippen LogP contribution >= 0.6 is 0 Å². The van der Waals surface area contributed by atoms with Gasteiger partial charge in [-0.2, -0.15) is 0 Å². The molecule has 0 aliphatic heterocycles. The summed E-state index contributed by atoms with van der Waals surface area (Å²) in [5.74, 6) is 1.99. The number of nitrogens with zero attached hydrogens (tertiary/aromatic N) is 3. The molecule has 0 N–H and O–H groups in total. The standard InChI is InChI=1S/C43H39N3Si/c1-4-47(5-2,6-3)40-28-16-26-38-37(25-15-27-39(38)40)35-23-13-21-33(29-35)34-22-14-24-36(30-34)43-45-41(31-17-9-7-10-18-31)44-42(46-43)32-19-11-8-12-20-32/h7-30H,4-6H2,1-3H3. The first kappa shape index (κ1) is 30.5. The van der Waals surface area contributed by atoms with Gasteiger partial charge in [-0.15, -0.1) is 0 Å². The van der Waals surface area contributed by atoms with Gasteiger partial charge in [0.05, 0.1) is 8.07 Å². The van der Waals surface area contributed by atoms with Crippen molar-refractivity contribution < 1.29 is 0 Å². The Morgan fingerprint density at radius 3 is 1.38 bits per heavy atom. The summed E-state index contributed by atoms with van der Waals surface area (Å²) in [5, 5.41) is 4.37. The average Bonchev–Trinajstić information content (AvgIpc) is 3.16. The number of hydrogen-bond donors (Lipinski definition) is 0. The van der Waals surface area contributed by atoms with E-state index in [1.165, 1.54) is 40.0 Å². The maximum absolute atomic E-state index is 4.96. The summed E-state index contributed by atoms with van der Waals surface area (Å²) in [6, 6.07) is 55.4. The Kier molecular flexibility index (Phi) is 8.60. The Morgan fingerprint density at radius 2 is 0.809 bits per heavy atom. The van der Waals surface area contributed by atoms with E-state index >= 15 is 0 Å². The lowest BCUT2D eigenvalue weighted by Gasteiger charge is -2.30. The van der Waals surface area contributed by atoms with Gasteiger partial charge in [0, 0.05) is 16.7 Å². The first-order chi connectivity index (χ1) is 23.1. The van der Waals surface area contributed by atoms with Crippen molar-refractivity contribution in [2.75, 3.05) is 0 Å². The summed E-state index contributed by atoms with van der Waals surface area (Å²) in [6.45, 7) is 7.17. The van der Waals surface area contributed by atoms with Crippen molar-refractivity contribution in [3.05, 3.63) is 146 Å². The van der Waals surface area contributed by atoms with Crippen LogP contribution in [0.2, 0.25) is 18.1 Å². The summed E-state index contributed by atoms with van der Waals surface area (Å²) >= 11 is 0. The van der Waals surface area contributed by atoms with E-state index in [-0.39, 0.29) is 0 Å². The van der Waals surface area contributed by atoms with Gasteiger partial charge in [0.25, 0.3) is 0 Å². The Balaban J connectivity index is 1.31. The molecule has 0 amide bonds. The molecule has 0 radical (unpaired) electrons. The maximum Gasteiger partial charge on any atom is 0.164 e. The zero-order valence-corrected chi connectivity index (χ0v) is 28.3. The van der Waals surface area contributed by atoms with Gasteiger partial charge in [-0.05, 0) is 45.2 Å². The molecule has 7 aromatic rings. The van der Waals surface area contributed by atoms with Gasteiger partial charge in [-0.1, -0.05) is 178 Å². The molecule has 1 aromatic heterocycles. The molecule has 0 spiro atoms. The van der Waals surface area contributed by atoms with E-state index in [0.717, 1.165) is 27.8 Å². The molecule has 7 rings (SSSR count). The summed E-state index contributed by atoms with van der Waals surface area (Å²) in [7, 11) is -1.55. The van der Waals surface area contributed by atoms with Crippen molar-refractivity contribution in [3.8, 4) is 56.4 Å². The Bertz CT molecular complexity index is 2090. The molecule has 0 aliphatic rings. The first-order valence-electron chi connectivity index (χ1n) is 16.7. The Morgan fingerprint density at radius 1 is 0.383 bits per heavy atom. The quantitative estimate of drug-likeness (QED) is 0.150. The van der Waals surface area contributed by atoms with Crippen molar-refractivity contribution in [3.63, 3.8) is 0 Å². The van der Waals surface area contributed by atoms with Crippen LogP contribution in [0.4, 0.5) is 0 Å². The first-order valence-corrected chi connectivity index (χ1v) is 19.3. The van der Waals surface area contributed by atoms with Gasteiger partial charge in [0.1, 0.15) is 0 Å². The summed E-state index contributed by atoms with van der Waals surface area (Å²) < 4.78 is 0. The van der Waals surface area contributed by atoms with Crippen molar-refractivity contribution in [1.29, 1.82) is 0 Å². The van der Waals surface area contributed by atoms with Crippen LogP contribution in [0.5, 0.6) is 0 Å². The second kappa shape index (κ2) is 13.3. The molecule has 0 saturated carbocycles. The highest BCUT2D eigenvalue weighted by molar-refractivity contribution is 6.93. The fraction of sp³-hybridized carbons (Fsp3) is 0.140.